The van der Waals surface area contributed by atoms with Gasteiger partial charge in [0.1, 0.15) is 0 Å². The molecule has 0 bridgehead atoms. The Hall–Kier alpha value is -0.120. The minimum absolute atomic E-state index is 0.441. The fourth-order valence-corrected chi connectivity index (χ4v) is 4.13. The van der Waals surface area contributed by atoms with Gasteiger partial charge >= 0.3 is 0 Å². The van der Waals surface area contributed by atoms with E-state index >= 15 is 0 Å². The summed E-state index contributed by atoms with van der Waals surface area (Å²) in [6.07, 6.45) is 9.50. The second-order valence-electron chi connectivity index (χ2n) is 6.20. The summed E-state index contributed by atoms with van der Waals surface area (Å²) in [5.74, 6) is 0. The van der Waals surface area contributed by atoms with Crippen LogP contribution in [0.5, 0.6) is 0 Å². The van der Waals surface area contributed by atoms with Gasteiger partial charge in [0.05, 0.1) is 0 Å². The molecule has 17 heavy (non-hydrogen) atoms. The van der Waals surface area contributed by atoms with Crippen LogP contribution < -0.4 is 5.73 Å². The van der Waals surface area contributed by atoms with Gasteiger partial charge in [0.2, 0.25) is 0 Å². The lowest BCUT2D eigenvalue weighted by Crippen LogP contribution is -2.51. The molecule has 0 aromatic rings. The van der Waals surface area contributed by atoms with Gasteiger partial charge in [0.15, 0.2) is 0 Å². The summed E-state index contributed by atoms with van der Waals surface area (Å²) >= 11 is 0. The van der Waals surface area contributed by atoms with Crippen LogP contribution >= 0.6 is 0 Å². The molecule has 1 saturated carbocycles. The molecule has 2 N–H and O–H groups in total. The van der Waals surface area contributed by atoms with Gasteiger partial charge in [0.25, 0.3) is 0 Å². The van der Waals surface area contributed by atoms with Crippen LogP contribution in [0.4, 0.5) is 0 Å². The van der Waals surface area contributed by atoms with Crippen molar-refractivity contribution < 1.29 is 0 Å². The molecule has 3 heteroatoms. The normalized spacial score (nSPS) is 41.1. The van der Waals surface area contributed by atoms with Gasteiger partial charge in [-0.05, 0) is 51.7 Å². The first kappa shape index (κ1) is 11.9. The highest BCUT2D eigenvalue weighted by atomic mass is 15.3. The maximum Gasteiger partial charge on any atom is 0.0247 e. The molecular formula is C14H27N3. The van der Waals surface area contributed by atoms with Gasteiger partial charge in [0, 0.05) is 24.7 Å². The van der Waals surface area contributed by atoms with Gasteiger partial charge < -0.3 is 5.73 Å². The summed E-state index contributed by atoms with van der Waals surface area (Å²) in [7, 11) is 0. The first-order chi connectivity index (χ1) is 8.34. The standard InChI is InChI=1S/C14H27N3/c15-13-6-1-2-7-14(13)17-10-4-9-16-8-3-5-12(16)11-17/h12-14H,1-11,15H2. The van der Waals surface area contributed by atoms with E-state index in [1.807, 2.05) is 0 Å². The highest BCUT2D eigenvalue weighted by Gasteiger charge is 2.34. The average Bonchev–Trinajstić information content (AvgIpc) is 2.68. The van der Waals surface area contributed by atoms with Crippen molar-refractivity contribution in [3.63, 3.8) is 0 Å². The van der Waals surface area contributed by atoms with E-state index in [2.05, 4.69) is 9.80 Å². The second-order valence-corrected chi connectivity index (χ2v) is 6.20. The number of hydrogen-bond acceptors (Lipinski definition) is 3. The third-order valence-corrected chi connectivity index (χ3v) is 5.09. The molecule has 98 valence electrons. The zero-order chi connectivity index (χ0) is 11.7. The predicted molar refractivity (Wildman–Crippen MR) is 71.0 cm³/mol. The zero-order valence-corrected chi connectivity index (χ0v) is 11.0. The Labute approximate surface area is 105 Å². The molecule has 0 spiro atoms. The molecule has 2 heterocycles. The quantitative estimate of drug-likeness (QED) is 0.749. The number of fused-ring (bicyclic) bond motifs is 1. The molecule has 2 aliphatic heterocycles. The first-order valence-corrected chi connectivity index (χ1v) is 7.58. The summed E-state index contributed by atoms with van der Waals surface area (Å²) in [6, 6.07) is 1.97. The summed E-state index contributed by atoms with van der Waals surface area (Å²) in [6.45, 7) is 5.24. The van der Waals surface area contributed by atoms with E-state index in [1.165, 1.54) is 71.1 Å². The molecule has 1 aliphatic carbocycles. The molecule has 3 rings (SSSR count). The Morgan fingerprint density at radius 2 is 1.53 bits per heavy atom. The monoisotopic (exact) mass is 237 g/mol. The van der Waals surface area contributed by atoms with Crippen LogP contribution in [0.2, 0.25) is 0 Å². The number of rotatable bonds is 1. The molecule has 0 amide bonds. The van der Waals surface area contributed by atoms with Crippen LogP contribution in [0.15, 0.2) is 0 Å². The lowest BCUT2D eigenvalue weighted by molar-refractivity contribution is 0.125. The largest absolute Gasteiger partial charge is 0.326 e. The highest BCUT2D eigenvalue weighted by Crippen LogP contribution is 2.27. The summed E-state index contributed by atoms with van der Waals surface area (Å²) in [5.41, 5.74) is 6.34. The third-order valence-electron chi connectivity index (χ3n) is 5.09. The van der Waals surface area contributed by atoms with Crippen LogP contribution in [0.3, 0.4) is 0 Å². The van der Waals surface area contributed by atoms with Crippen molar-refractivity contribution in [1.82, 2.24) is 9.80 Å². The molecular weight excluding hydrogens is 210 g/mol. The molecule has 3 fully saturated rings. The van der Waals surface area contributed by atoms with E-state index in [9.17, 15) is 0 Å². The predicted octanol–water partition coefficient (Wildman–Crippen LogP) is 1.43. The lowest BCUT2D eigenvalue weighted by Gasteiger charge is -2.39. The number of hydrogen-bond donors (Lipinski definition) is 1. The second kappa shape index (κ2) is 5.25. The van der Waals surface area contributed by atoms with Crippen molar-refractivity contribution in [3.8, 4) is 0 Å². The molecule has 3 unspecified atom stereocenters. The number of nitrogens with zero attached hydrogens (tertiary/aromatic N) is 2. The minimum atomic E-state index is 0.441. The number of nitrogens with two attached hydrogens (primary N) is 1. The maximum absolute atomic E-state index is 6.34. The smallest absolute Gasteiger partial charge is 0.0247 e. The molecule has 0 aromatic carbocycles. The Kier molecular flexibility index (Phi) is 3.69. The van der Waals surface area contributed by atoms with E-state index in [1.54, 1.807) is 0 Å². The van der Waals surface area contributed by atoms with Crippen molar-refractivity contribution in [3.05, 3.63) is 0 Å². The van der Waals surface area contributed by atoms with E-state index < -0.39 is 0 Å². The van der Waals surface area contributed by atoms with Crippen LogP contribution in [0.25, 0.3) is 0 Å². The minimum Gasteiger partial charge on any atom is -0.326 e. The van der Waals surface area contributed by atoms with E-state index in [4.69, 9.17) is 5.73 Å². The highest BCUT2D eigenvalue weighted by molar-refractivity contribution is 4.91. The topological polar surface area (TPSA) is 32.5 Å². The Morgan fingerprint density at radius 3 is 2.41 bits per heavy atom. The van der Waals surface area contributed by atoms with Crippen molar-refractivity contribution in [2.24, 2.45) is 5.73 Å². The zero-order valence-electron chi connectivity index (χ0n) is 11.0. The Morgan fingerprint density at radius 1 is 0.765 bits per heavy atom. The molecule has 3 atom stereocenters. The van der Waals surface area contributed by atoms with Gasteiger partial charge in [-0.3, -0.25) is 9.80 Å². The Bertz CT molecular complexity index is 256. The van der Waals surface area contributed by atoms with Crippen LogP contribution in [0.1, 0.15) is 44.9 Å². The van der Waals surface area contributed by atoms with Gasteiger partial charge in [-0.2, -0.15) is 0 Å². The van der Waals surface area contributed by atoms with Gasteiger partial charge in [-0.15, -0.1) is 0 Å². The molecule has 0 radical (unpaired) electrons. The fourth-order valence-electron chi connectivity index (χ4n) is 4.13. The molecule has 3 nitrogen and oxygen atoms in total. The third kappa shape index (κ3) is 2.51. The van der Waals surface area contributed by atoms with Crippen LogP contribution in [0, 0.1) is 0 Å². The molecule has 0 aromatic heterocycles. The average molecular weight is 237 g/mol. The summed E-state index contributed by atoms with van der Waals surface area (Å²) in [4.78, 5) is 5.45. The molecule has 3 aliphatic rings. The lowest BCUT2D eigenvalue weighted by atomic mass is 9.89. The van der Waals surface area contributed by atoms with Crippen LogP contribution in [-0.2, 0) is 0 Å². The van der Waals surface area contributed by atoms with E-state index in [0.29, 0.717) is 12.1 Å². The van der Waals surface area contributed by atoms with Crippen molar-refractivity contribution in [1.29, 1.82) is 0 Å². The van der Waals surface area contributed by atoms with Gasteiger partial charge in [-0.25, -0.2) is 0 Å². The first-order valence-electron chi connectivity index (χ1n) is 7.58. The Balaban J connectivity index is 1.65. The summed E-state index contributed by atoms with van der Waals surface area (Å²) < 4.78 is 0. The van der Waals surface area contributed by atoms with Crippen molar-refractivity contribution in [2.75, 3.05) is 26.2 Å². The van der Waals surface area contributed by atoms with Crippen LogP contribution in [-0.4, -0.2) is 54.1 Å². The molecule has 2 saturated heterocycles. The SMILES string of the molecule is NC1CCCCC1N1CCCN2CCCC2C1. The van der Waals surface area contributed by atoms with E-state index in [0.717, 1.165) is 6.04 Å². The van der Waals surface area contributed by atoms with Crippen molar-refractivity contribution >= 4 is 0 Å². The van der Waals surface area contributed by atoms with E-state index in [-0.39, 0.29) is 0 Å². The maximum atomic E-state index is 6.34. The van der Waals surface area contributed by atoms with Crippen molar-refractivity contribution in [2.45, 2.75) is 63.1 Å². The summed E-state index contributed by atoms with van der Waals surface area (Å²) in [5, 5.41) is 0. The van der Waals surface area contributed by atoms with Gasteiger partial charge in [-0.1, -0.05) is 12.8 Å². The fraction of sp³-hybridized carbons (Fsp3) is 1.00.